The third kappa shape index (κ3) is 21.1. The van der Waals surface area contributed by atoms with Crippen molar-refractivity contribution in [2.75, 3.05) is 26.4 Å². The second kappa shape index (κ2) is 17.9. The van der Waals surface area contributed by atoms with Gasteiger partial charge in [0.1, 0.15) is 26.4 Å². The summed E-state index contributed by atoms with van der Waals surface area (Å²) >= 11 is 0. The smallest absolute Gasteiger partial charge is 0.333 e. The zero-order chi connectivity index (χ0) is 23.0. The number of carbonyl (C=O) groups excluding carboxylic acids is 5. The quantitative estimate of drug-likeness (QED) is 0.218. The van der Waals surface area contributed by atoms with Gasteiger partial charge in [-0.3, -0.25) is 14.4 Å². The van der Waals surface area contributed by atoms with Crippen LogP contribution in [0, 0.1) is 0 Å². The minimum absolute atomic E-state index is 0. The maximum absolute atomic E-state index is 11.2. The molecule has 10 nitrogen and oxygen atoms in total. The lowest BCUT2D eigenvalue weighted by atomic mass is 10.3. The fourth-order valence-corrected chi connectivity index (χ4v) is 1.23. The highest BCUT2D eigenvalue weighted by atomic mass is 16.6. The molecule has 0 N–H and O–H groups in total. The largest absolute Gasteiger partial charge is 0.462 e. The maximum Gasteiger partial charge on any atom is 0.333 e. The van der Waals surface area contributed by atoms with E-state index >= 15 is 0 Å². The normalized spacial score (nSPS) is 9.00. The van der Waals surface area contributed by atoms with Gasteiger partial charge in [0.05, 0.1) is 0 Å². The highest BCUT2D eigenvalue weighted by molar-refractivity contribution is 5.87. The SMILES string of the molecule is C.C=C(C)C(=O)OC(COC(C)=O)COC(C)=O.C=C(C)C(=O)OCCOC(C)=O. The summed E-state index contributed by atoms with van der Waals surface area (Å²) < 4.78 is 23.4. The lowest BCUT2D eigenvalue weighted by molar-refractivity contribution is -0.162. The predicted octanol–water partition coefficient (Wildman–Crippen LogP) is 1.91. The zero-order valence-electron chi connectivity index (χ0n) is 17.4. The van der Waals surface area contributed by atoms with Crippen molar-refractivity contribution in [1.29, 1.82) is 0 Å². The van der Waals surface area contributed by atoms with Crippen molar-refractivity contribution in [3.63, 3.8) is 0 Å². The Hall–Kier alpha value is -3.17. The molecule has 0 aliphatic rings. The monoisotopic (exact) mass is 432 g/mol. The van der Waals surface area contributed by atoms with Crippen LogP contribution in [-0.4, -0.2) is 62.4 Å². The second-order valence-corrected chi connectivity index (χ2v) is 5.67. The maximum atomic E-state index is 11.2. The van der Waals surface area contributed by atoms with Gasteiger partial charge in [-0.05, 0) is 13.8 Å². The molecule has 0 radical (unpaired) electrons. The molecule has 0 aromatic heterocycles. The van der Waals surface area contributed by atoms with Gasteiger partial charge in [0.25, 0.3) is 0 Å². The molecule has 0 fully saturated rings. The first-order valence-corrected chi connectivity index (χ1v) is 8.46. The van der Waals surface area contributed by atoms with Gasteiger partial charge < -0.3 is 23.7 Å². The van der Waals surface area contributed by atoms with Gasteiger partial charge in [-0.2, -0.15) is 0 Å². The summed E-state index contributed by atoms with van der Waals surface area (Å²) in [6, 6.07) is 0. The lowest BCUT2D eigenvalue weighted by Gasteiger charge is -2.17. The Bertz CT molecular complexity index is 603. The molecule has 30 heavy (non-hydrogen) atoms. The molecular weight excluding hydrogens is 400 g/mol. The first-order chi connectivity index (χ1) is 13.4. The molecule has 0 unspecified atom stereocenters. The number of hydrogen-bond acceptors (Lipinski definition) is 10. The van der Waals surface area contributed by atoms with Crippen molar-refractivity contribution in [3.8, 4) is 0 Å². The van der Waals surface area contributed by atoms with Gasteiger partial charge in [0, 0.05) is 31.9 Å². The molecule has 172 valence electrons. The van der Waals surface area contributed by atoms with Crippen molar-refractivity contribution < 1.29 is 47.7 Å². The number of ether oxygens (including phenoxy) is 5. The number of rotatable bonds is 10. The Labute approximate surface area is 177 Å². The van der Waals surface area contributed by atoms with Crippen LogP contribution in [0.5, 0.6) is 0 Å². The van der Waals surface area contributed by atoms with Crippen LogP contribution in [-0.2, 0) is 47.7 Å². The molecule has 0 heterocycles. The molecule has 0 saturated heterocycles. The first-order valence-electron chi connectivity index (χ1n) is 8.46. The molecule has 0 amide bonds. The predicted molar refractivity (Wildman–Crippen MR) is 107 cm³/mol. The van der Waals surface area contributed by atoms with Crippen molar-refractivity contribution in [2.24, 2.45) is 0 Å². The molecule has 0 aliphatic heterocycles. The molecule has 10 heteroatoms. The average Bonchev–Trinajstić information content (AvgIpc) is 2.60. The third-order valence-corrected chi connectivity index (χ3v) is 2.54. The molecule has 0 rings (SSSR count). The van der Waals surface area contributed by atoms with E-state index in [0.717, 1.165) is 0 Å². The van der Waals surface area contributed by atoms with Crippen molar-refractivity contribution >= 4 is 29.8 Å². The number of carbonyl (C=O) groups is 5. The number of esters is 5. The van der Waals surface area contributed by atoms with Crippen molar-refractivity contribution in [3.05, 3.63) is 24.3 Å². The molecule has 0 spiro atoms. The fraction of sp³-hybridized carbons (Fsp3) is 0.550. The topological polar surface area (TPSA) is 132 Å². The Kier molecular flexibility index (Phi) is 18.8. The summed E-state index contributed by atoms with van der Waals surface area (Å²) in [6.45, 7) is 13.4. The zero-order valence-corrected chi connectivity index (χ0v) is 17.4. The minimum atomic E-state index is -0.827. The van der Waals surface area contributed by atoms with E-state index in [1.54, 1.807) is 6.92 Å². The Balaban J connectivity index is -0.000000497. The van der Waals surface area contributed by atoms with Gasteiger partial charge in [-0.25, -0.2) is 9.59 Å². The van der Waals surface area contributed by atoms with E-state index in [1.165, 1.54) is 27.7 Å². The standard InChI is InChI=1S/C11H16O6.C8H12O4.CH4/c1-7(2)11(14)17-10(5-15-8(3)12)6-16-9(4)13;1-6(2)8(10)12-5-4-11-7(3)9;/h10H,1,5-6H2,2-4H3;1,4-5H2,2-3H3;1H4. The van der Waals surface area contributed by atoms with Crippen molar-refractivity contribution in [2.45, 2.75) is 48.1 Å². The summed E-state index contributed by atoms with van der Waals surface area (Å²) in [5, 5.41) is 0. The summed E-state index contributed by atoms with van der Waals surface area (Å²) in [7, 11) is 0. The van der Waals surface area contributed by atoms with Gasteiger partial charge in [-0.15, -0.1) is 0 Å². The van der Waals surface area contributed by atoms with Crippen LogP contribution in [0.25, 0.3) is 0 Å². The highest BCUT2D eigenvalue weighted by Crippen LogP contribution is 2.01. The Morgan fingerprint density at radius 2 is 1.00 bits per heavy atom. The summed E-state index contributed by atoms with van der Waals surface area (Å²) in [5.74, 6) is -2.51. The summed E-state index contributed by atoms with van der Waals surface area (Å²) in [6.07, 6.45) is -0.827. The van der Waals surface area contributed by atoms with Gasteiger partial charge in [-0.1, -0.05) is 20.6 Å². The first kappa shape index (κ1) is 31.5. The van der Waals surface area contributed by atoms with E-state index in [2.05, 4.69) is 32.1 Å². The second-order valence-electron chi connectivity index (χ2n) is 5.67. The molecule has 0 aromatic carbocycles. The third-order valence-electron chi connectivity index (χ3n) is 2.54. The van der Waals surface area contributed by atoms with Crippen molar-refractivity contribution in [1.82, 2.24) is 0 Å². The van der Waals surface area contributed by atoms with Crippen LogP contribution in [0.15, 0.2) is 24.3 Å². The van der Waals surface area contributed by atoms with E-state index in [4.69, 9.17) is 4.74 Å². The number of hydrogen-bond donors (Lipinski definition) is 0. The van der Waals surface area contributed by atoms with E-state index in [-0.39, 0.29) is 45.4 Å². The molecule has 0 aliphatic carbocycles. The summed E-state index contributed by atoms with van der Waals surface area (Å²) in [5.41, 5.74) is 0.540. The van der Waals surface area contributed by atoms with Crippen LogP contribution in [0.2, 0.25) is 0 Å². The van der Waals surface area contributed by atoms with E-state index in [9.17, 15) is 24.0 Å². The van der Waals surface area contributed by atoms with E-state index in [0.29, 0.717) is 5.57 Å². The van der Waals surface area contributed by atoms with Gasteiger partial charge in [0.15, 0.2) is 6.10 Å². The van der Waals surface area contributed by atoms with Crippen LogP contribution < -0.4 is 0 Å². The minimum Gasteiger partial charge on any atom is -0.462 e. The molecule has 0 bridgehead atoms. The van der Waals surface area contributed by atoms with Crippen LogP contribution in [0.1, 0.15) is 42.0 Å². The Morgan fingerprint density at radius 3 is 1.33 bits per heavy atom. The van der Waals surface area contributed by atoms with Crippen LogP contribution in [0.3, 0.4) is 0 Å². The summed E-state index contributed by atoms with van der Waals surface area (Å²) in [4.78, 5) is 53.4. The average molecular weight is 432 g/mol. The molecule has 0 aromatic rings. The van der Waals surface area contributed by atoms with Gasteiger partial charge in [0.2, 0.25) is 0 Å². The highest BCUT2D eigenvalue weighted by Gasteiger charge is 2.18. The van der Waals surface area contributed by atoms with Crippen LogP contribution in [0.4, 0.5) is 0 Å². The van der Waals surface area contributed by atoms with E-state index < -0.39 is 30.0 Å². The molecule has 0 saturated carbocycles. The van der Waals surface area contributed by atoms with Gasteiger partial charge >= 0.3 is 29.8 Å². The molecule has 0 atom stereocenters. The van der Waals surface area contributed by atoms with Crippen LogP contribution >= 0.6 is 0 Å². The Morgan fingerprint density at radius 1 is 0.633 bits per heavy atom. The fourth-order valence-electron chi connectivity index (χ4n) is 1.23. The molecular formula is C20H32O10. The van der Waals surface area contributed by atoms with E-state index in [1.807, 2.05) is 0 Å². The lowest BCUT2D eigenvalue weighted by Crippen LogP contribution is -2.30.